The molecule has 2 bridgehead atoms. The van der Waals surface area contributed by atoms with Gasteiger partial charge in [0.05, 0.1) is 0 Å². The molecule has 0 nitrogen and oxygen atoms in total. The van der Waals surface area contributed by atoms with Gasteiger partial charge >= 0.3 is 0 Å². The molecule has 0 aromatic heterocycles. The van der Waals surface area contributed by atoms with Crippen molar-refractivity contribution in [3.63, 3.8) is 0 Å². The van der Waals surface area contributed by atoms with Gasteiger partial charge in [-0.25, -0.2) is 0 Å². The lowest BCUT2D eigenvalue weighted by molar-refractivity contribution is 0.322. The van der Waals surface area contributed by atoms with Gasteiger partial charge < -0.3 is 0 Å². The van der Waals surface area contributed by atoms with Crippen molar-refractivity contribution in [1.29, 1.82) is 0 Å². The highest BCUT2D eigenvalue weighted by Gasteiger charge is 2.43. The van der Waals surface area contributed by atoms with Crippen LogP contribution in [-0.2, 0) is 0 Å². The standard InChI is InChI=1S/C9H16S2/c1-7(2)9-5-3-8(4-6-9)10-11-9/h7-8H,3-6H2,1-2H3. The van der Waals surface area contributed by atoms with E-state index >= 15 is 0 Å². The van der Waals surface area contributed by atoms with Crippen molar-refractivity contribution < 1.29 is 0 Å². The van der Waals surface area contributed by atoms with Gasteiger partial charge in [-0.3, -0.25) is 0 Å². The minimum atomic E-state index is 0.666. The van der Waals surface area contributed by atoms with Crippen molar-refractivity contribution in [2.24, 2.45) is 5.92 Å². The maximum absolute atomic E-state index is 2.39. The summed E-state index contributed by atoms with van der Waals surface area (Å²) in [4.78, 5) is 0. The molecular weight excluding hydrogens is 172 g/mol. The molecular formula is C9H16S2. The van der Waals surface area contributed by atoms with E-state index in [4.69, 9.17) is 0 Å². The topological polar surface area (TPSA) is 0 Å². The molecule has 64 valence electrons. The van der Waals surface area contributed by atoms with Crippen LogP contribution in [0.25, 0.3) is 0 Å². The fourth-order valence-electron chi connectivity index (χ4n) is 2.10. The molecule has 11 heavy (non-hydrogen) atoms. The SMILES string of the molecule is CC(C)C12CCC(CC1)SS2. The molecule has 0 amide bonds. The van der Waals surface area contributed by atoms with E-state index in [9.17, 15) is 0 Å². The van der Waals surface area contributed by atoms with Crippen LogP contribution < -0.4 is 0 Å². The van der Waals surface area contributed by atoms with E-state index in [1.807, 2.05) is 0 Å². The Labute approximate surface area is 77.3 Å². The van der Waals surface area contributed by atoms with Gasteiger partial charge in [-0.2, -0.15) is 0 Å². The van der Waals surface area contributed by atoms with Crippen molar-refractivity contribution in [3.05, 3.63) is 0 Å². The van der Waals surface area contributed by atoms with Crippen LogP contribution in [-0.4, -0.2) is 10.00 Å². The van der Waals surface area contributed by atoms with Gasteiger partial charge in [0.1, 0.15) is 0 Å². The Morgan fingerprint density at radius 2 is 1.91 bits per heavy atom. The molecule has 0 atom stereocenters. The van der Waals surface area contributed by atoms with Crippen molar-refractivity contribution in [3.8, 4) is 0 Å². The molecule has 0 aromatic rings. The van der Waals surface area contributed by atoms with Crippen LogP contribution in [0.3, 0.4) is 0 Å². The van der Waals surface area contributed by atoms with E-state index in [-0.39, 0.29) is 0 Å². The van der Waals surface area contributed by atoms with Crippen molar-refractivity contribution in [1.82, 2.24) is 0 Å². The van der Waals surface area contributed by atoms with Crippen LogP contribution in [0.5, 0.6) is 0 Å². The molecule has 0 N–H and O–H groups in total. The van der Waals surface area contributed by atoms with E-state index in [0.717, 1.165) is 11.2 Å². The maximum Gasteiger partial charge on any atom is 0.0287 e. The Bertz CT molecular complexity index is 132. The molecule has 3 rings (SSSR count). The molecule has 0 aromatic carbocycles. The lowest BCUT2D eigenvalue weighted by Crippen LogP contribution is -2.39. The Morgan fingerprint density at radius 3 is 2.18 bits per heavy atom. The van der Waals surface area contributed by atoms with E-state index < -0.39 is 0 Å². The van der Waals surface area contributed by atoms with Crippen LogP contribution in [0.2, 0.25) is 0 Å². The summed E-state index contributed by atoms with van der Waals surface area (Å²) in [6.07, 6.45) is 5.92. The Hall–Kier alpha value is 0.700. The largest absolute Gasteiger partial charge is 0.0901 e. The maximum atomic E-state index is 2.39. The van der Waals surface area contributed by atoms with Gasteiger partial charge in [-0.15, -0.1) is 0 Å². The predicted molar refractivity (Wildman–Crippen MR) is 55.0 cm³/mol. The molecule has 2 heterocycles. The second-order valence-corrected chi connectivity index (χ2v) is 7.01. The molecule has 2 heteroatoms. The summed E-state index contributed by atoms with van der Waals surface area (Å²) in [5.41, 5.74) is 0. The number of hydrogen-bond donors (Lipinski definition) is 0. The summed E-state index contributed by atoms with van der Waals surface area (Å²) >= 11 is 0. The summed E-state index contributed by atoms with van der Waals surface area (Å²) < 4.78 is 0.666. The Balaban J connectivity index is 2.12. The predicted octanol–water partition coefficient (Wildman–Crippen LogP) is 3.72. The minimum absolute atomic E-state index is 0.666. The average Bonchev–Trinajstić information content (AvgIpc) is 2.08. The van der Waals surface area contributed by atoms with Gasteiger partial charge in [0.25, 0.3) is 0 Å². The second kappa shape index (κ2) is 2.88. The Kier molecular flexibility index (Phi) is 2.17. The van der Waals surface area contributed by atoms with Crippen LogP contribution in [0.1, 0.15) is 39.5 Å². The van der Waals surface area contributed by atoms with Gasteiger partial charge in [-0.1, -0.05) is 35.4 Å². The molecule has 3 aliphatic rings. The lowest BCUT2D eigenvalue weighted by atomic mass is 9.80. The zero-order valence-electron chi connectivity index (χ0n) is 7.30. The normalized spacial score (nSPS) is 43.4. The van der Waals surface area contributed by atoms with Crippen molar-refractivity contribution >= 4 is 21.6 Å². The molecule has 2 saturated heterocycles. The highest BCUT2D eigenvalue weighted by atomic mass is 33.1. The number of fused-ring (bicyclic) bond motifs is 3. The molecule has 2 aliphatic heterocycles. The third-order valence-corrected chi connectivity index (χ3v) is 7.33. The first-order chi connectivity index (χ1) is 5.23. The smallest absolute Gasteiger partial charge is 0.0287 e. The van der Waals surface area contributed by atoms with Gasteiger partial charge in [0.15, 0.2) is 0 Å². The zero-order valence-corrected chi connectivity index (χ0v) is 8.93. The van der Waals surface area contributed by atoms with E-state index in [1.165, 1.54) is 25.7 Å². The fraction of sp³-hybridized carbons (Fsp3) is 1.00. The molecule has 0 unspecified atom stereocenters. The quantitative estimate of drug-likeness (QED) is 0.575. The fourth-order valence-corrected chi connectivity index (χ4v) is 6.09. The monoisotopic (exact) mass is 188 g/mol. The van der Waals surface area contributed by atoms with Gasteiger partial charge in [-0.05, 0) is 31.6 Å². The summed E-state index contributed by atoms with van der Waals surface area (Å²) in [5, 5.41) is 1.00. The van der Waals surface area contributed by atoms with Crippen LogP contribution in [0.15, 0.2) is 0 Å². The molecule has 1 aliphatic carbocycles. The van der Waals surface area contributed by atoms with Gasteiger partial charge in [0, 0.05) is 10.00 Å². The third kappa shape index (κ3) is 1.33. The van der Waals surface area contributed by atoms with E-state index in [1.54, 1.807) is 0 Å². The summed E-state index contributed by atoms with van der Waals surface area (Å²) in [6.45, 7) is 4.78. The average molecular weight is 188 g/mol. The Morgan fingerprint density at radius 1 is 1.27 bits per heavy atom. The highest BCUT2D eigenvalue weighted by Crippen LogP contribution is 2.59. The van der Waals surface area contributed by atoms with Crippen molar-refractivity contribution in [2.45, 2.75) is 49.5 Å². The minimum Gasteiger partial charge on any atom is -0.0901 e. The van der Waals surface area contributed by atoms with Crippen LogP contribution in [0, 0.1) is 5.92 Å². The zero-order chi connectivity index (χ0) is 7.90. The van der Waals surface area contributed by atoms with E-state index in [2.05, 4.69) is 35.4 Å². The first-order valence-electron chi connectivity index (χ1n) is 4.57. The lowest BCUT2D eigenvalue weighted by Gasteiger charge is -2.47. The van der Waals surface area contributed by atoms with Crippen LogP contribution >= 0.6 is 21.6 Å². The summed E-state index contributed by atoms with van der Waals surface area (Å²) in [6, 6.07) is 0. The van der Waals surface area contributed by atoms with Crippen molar-refractivity contribution in [2.75, 3.05) is 0 Å². The summed E-state index contributed by atoms with van der Waals surface area (Å²) in [7, 11) is 4.34. The van der Waals surface area contributed by atoms with Crippen LogP contribution in [0.4, 0.5) is 0 Å². The molecule has 0 spiro atoms. The summed E-state index contributed by atoms with van der Waals surface area (Å²) in [5.74, 6) is 0.876. The highest BCUT2D eigenvalue weighted by molar-refractivity contribution is 8.77. The first kappa shape index (κ1) is 8.31. The third-order valence-electron chi connectivity index (χ3n) is 3.18. The first-order valence-corrected chi connectivity index (χ1v) is 6.79. The molecule has 0 radical (unpaired) electrons. The van der Waals surface area contributed by atoms with Gasteiger partial charge in [0.2, 0.25) is 0 Å². The van der Waals surface area contributed by atoms with E-state index in [0.29, 0.717) is 4.75 Å². The molecule has 3 fully saturated rings. The number of hydrogen-bond acceptors (Lipinski definition) is 2. The second-order valence-electron chi connectivity index (χ2n) is 4.10. The number of rotatable bonds is 1. The molecule has 1 saturated carbocycles.